The predicted molar refractivity (Wildman–Crippen MR) is 74.0 cm³/mol. The second-order valence-corrected chi connectivity index (χ2v) is 5.39. The van der Waals surface area contributed by atoms with Crippen molar-refractivity contribution < 1.29 is 9.18 Å². The third-order valence-corrected chi connectivity index (χ3v) is 3.79. The SMILES string of the molecule is Cc1cc(SCCC(=O)c2ccc(F)cc2)n(C)n1. The number of ketones is 1. The lowest BCUT2D eigenvalue weighted by Crippen LogP contribution is -2.01. The van der Waals surface area contributed by atoms with Gasteiger partial charge in [0.05, 0.1) is 10.7 Å². The average Bonchev–Trinajstić information content (AvgIpc) is 2.68. The number of carbonyl (C=O) groups is 1. The fourth-order valence-corrected chi connectivity index (χ4v) is 2.73. The number of hydrogen-bond donors (Lipinski definition) is 0. The van der Waals surface area contributed by atoms with Gasteiger partial charge in [0.2, 0.25) is 0 Å². The number of thioether (sulfide) groups is 1. The summed E-state index contributed by atoms with van der Waals surface area (Å²) in [7, 11) is 1.89. The van der Waals surface area contributed by atoms with Crippen LogP contribution in [-0.4, -0.2) is 21.3 Å². The van der Waals surface area contributed by atoms with Crippen molar-refractivity contribution in [2.24, 2.45) is 7.05 Å². The Hall–Kier alpha value is -1.62. The molecule has 0 aliphatic rings. The van der Waals surface area contributed by atoms with Crippen LogP contribution in [0.25, 0.3) is 0 Å². The van der Waals surface area contributed by atoms with E-state index in [9.17, 15) is 9.18 Å². The van der Waals surface area contributed by atoms with Crippen molar-refractivity contribution in [3.05, 3.63) is 47.4 Å². The summed E-state index contributed by atoms with van der Waals surface area (Å²) in [6.45, 7) is 1.94. The van der Waals surface area contributed by atoms with E-state index in [0.717, 1.165) is 10.7 Å². The van der Waals surface area contributed by atoms with E-state index < -0.39 is 0 Å². The van der Waals surface area contributed by atoms with Crippen LogP contribution in [0, 0.1) is 12.7 Å². The molecule has 100 valence electrons. The van der Waals surface area contributed by atoms with E-state index >= 15 is 0 Å². The van der Waals surface area contributed by atoms with Crippen LogP contribution < -0.4 is 0 Å². The molecule has 1 aromatic heterocycles. The van der Waals surface area contributed by atoms with Crippen molar-refractivity contribution >= 4 is 17.5 Å². The minimum Gasteiger partial charge on any atom is -0.294 e. The van der Waals surface area contributed by atoms with Crippen LogP contribution in [0.3, 0.4) is 0 Å². The lowest BCUT2D eigenvalue weighted by Gasteiger charge is -2.02. The summed E-state index contributed by atoms with van der Waals surface area (Å²) in [6.07, 6.45) is 0.431. The molecular weight excluding hydrogens is 263 g/mol. The zero-order chi connectivity index (χ0) is 13.8. The molecule has 2 rings (SSSR count). The molecule has 1 heterocycles. The maximum absolute atomic E-state index is 12.7. The van der Waals surface area contributed by atoms with Crippen LogP contribution in [0.2, 0.25) is 0 Å². The van der Waals surface area contributed by atoms with E-state index in [0.29, 0.717) is 17.7 Å². The molecule has 3 nitrogen and oxygen atoms in total. The molecule has 19 heavy (non-hydrogen) atoms. The Kier molecular flexibility index (Phi) is 4.37. The monoisotopic (exact) mass is 278 g/mol. The number of hydrogen-bond acceptors (Lipinski definition) is 3. The summed E-state index contributed by atoms with van der Waals surface area (Å²) in [6, 6.07) is 7.66. The molecule has 0 aliphatic heterocycles. The van der Waals surface area contributed by atoms with Crippen molar-refractivity contribution in [3.63, 3.8) is 0 Å². The van der Waals surface area contributed by atoms with Crippen LogP contribution in [-0.2, 0) is 7.05 Å². The molecule has 0 fully saturated rings. The number of aromatic nitrogens is 2. The normalized spacial score (nSPS) is 10.7. The molecule has 0 aliphatic carbocycles. The van der Waals surface area contributed by atoms with Crippen LogP contribution in [0.1, 0.15) is 22.5 Å². The van der Waals surface area contributed by atoms with Gasteiger partial charge in [-0.1, -0.05) is 0 Å². The first-order valence-corrected chi connectivity index (χ1v) is 6.97. The van der Waals surface area contributed by atoms with E-state index in [-0.39, 0.29) is 11.6 Å². The van der Waals surface area contributed by atoms with Gasteiger partial charge in [0.15, 0.2) is 5.78 Å². The van der Waals surface area contributed by atoms with Gasteiger partial charge in [-0.15, -0.1) is 11.8 Å². The number of carbonyl (C=O) groups excluding carboxylic acids is 1. The maximum atomic E-state index is 12.7. The van der Waals surface area contributed by atoms with Crippen LogP contribution in [0.4, 0.5) is 4.39 Å². The minimum atomic E-state index is -0.323. The minimum absolute atomic E-state index is 0.0337. The third-order valence-electron chi connectivity index (χ3n) is 2.70. The summed E-state index contributed by atoms with van der Waals surface area (Å²) in [5, 5.41) is 5.29. The topological polar surface area (TPSA) is 34.9 Å². The van der Waals surface area contributed by atoms with E-state index in [4.69, 9.17) is 0 Å². The van der Waals surface area contributed by atoms with Crippen molar-refractivity contribution in [1.82, 2.24) is 9.78 Å². The molecular formula is C14H15FN2OS. The highest BCUT2D eigenvalue weighted by atomic mass is 32.2. The standard InChI is InChI=1S/C14H15FN2OS/c1-10-9-14(17(2)16-10)19-8-7-13(18)11-3-5-12(15)6-4-11/h3-6,9H,7-8H2,1-2H3. The Morgan fingerprint density at radius 3 is 2.63 bits per heavy atom. The molecule has 0 unspecified atom stereocenters. The van der Waals surface area contributed by atoms with Crippen LogP contribution in [0.5, 0.6) is 0 Å². The van der Waals surface area contributed by atoms with Gasteiger partial charge >= 0.3 is 0 Å². The number of rotatable bonds is 5. The number of benzene rings is 1. The summed E-state index contributed by atoms with van der Waals surface area (Å²) < 4.78 is 14.6. The molecule has 0 N–H and O–H groups in total. The quantitative estimate of drug-likeness (QED) is 0.622. The summed E-state index contributed by atoms with van der Waals surface area (Å²) >= 11 is 1.60. The largest absolute Gasteiger partial charge is 0.294 e. The highest BCUT2D eigenvalue weighted by Gasteiger charge is 2.08. The van der Waals surface area contributed by atoms with Gasteiger partial charge in [-0.05, 0) is 37.3 Å². The molecule has 5 heteroatoms. The second-order valence-electron chi connectivity index (χ2n) is 4.28. The molecule has 0 amide bonds. The molecule has 0 saturated heterocycles. The van der Waals surface area contributed by atoms with Gasteiger partial charge in [0, 0.05) is 24.8 Å². The molecule has 0 saturated carbocycles. The van der Waals surface area contributed by atoms with Gasteiger partial charge in [0.25, 0.3) is 0 Å². The van der Waals surface area contributed by atoms with Gasteiger partial charge in [0.1, 0.15) is 5.82 Å². The Labute approximate surface area is 115 Å². The lowest BCUT2D eigenvalue weighted by molar-refractivity contribution is 0.0989. The molecule has 0 bridgehead atoms. The van der Waals surface area contributed by atoms with E-state index in [1.807, 2.05) is 24.7 Å². The zero-order valence-electron chi connectivity index (χ0n) is 10.9. The predicted octanol–water partition coefficient (Wildman–Crippen LogP) is 3.23. The van der Waals surface area contributed by atoms with Crippen molar-refractivity contribution in [2.45, 2.75) is 18.4 Å². The van der Waals surface area contributed by atoms with Gasteiger partial charge < -0.3 is 0 Å². The van der Waals surface area contributed by atoms with Gasteiger partial charge in [-0.25, -0.2) is 4.39 Å². The van der Waals surface area contributed by atoms with Crippen LogP contribution >= 0.6 is 11.8 Å². The molecule has 0 radical (unpaired) electrons. The Morgan fingerprint density at radius 2 is 2.05 bits per heavy atom. The smallest absolute Gasteiger partial charge is 0.163 e. The summed E-state index contributed by atoms with van der Waals surface area (Å²) in [4.78, 5) is 11.9. The fraction of sp³-hybridized carbons (Fsp3) is 0.286. The summed E-state index contributed by atoms with van der Waals surface area (Å²) in [5.74, 6) is 0.400. The van der Waals surface area contributed by atoms with Crippen molar-refractivity contribution in [2.75, 3.05) is 5.75 Å². The first kappa shape index (κ1) is 13.8. The van der Waals surface area contributed by atoms with Crippen LogP contribution in [0.15, 0.2) is 35.4 Å². The number of Topliss-reactive ketones (excluding diaryl/α,β-unsaturated/α-hetero) is 1. The first-order chi connectivity index (χ1) is 9.06. The Morgan fingerprint density at radius 1 is 1.37 bits per heavy atom. The first-order valence-electron chi connectivity index (χ1n) is 5.98. The number of halogens is 1. The highest BCUT2D eigenvalue weighted by Crippen LogP contribution is 2.20. The highest BCUT2D eigenvalue weighted by molar-refractivity contribution is 7.99. The molecule has 1 aromatic carbocycles. The second kappa shape index (κ2) is 6.02. The van der Waals surface area contributed by atoms with E-state index in [1.165, 1.54) is 24.3 Å². The number of aryl methyl sites for hydroxylation is 2. The molecule has 2 aromatic rings. The van der Waals surface area contributed by atoms with Gasteiger partial charge in [-0.2, -0.15) is 5.10 Å². The van der Waals surface area contributed by atoms with Crippen molar-refractivity contribution in [3.8, 4) is 0 Å². The summed E-state index contributed by atoms with van der Waals surface area (Å²) in [5.41, 5.74) is 1.53. The van der Waals surface area contributed by atoms with E-state index in [2.05, 4.69) is 5.10 Å². The van der Waals surface area contributed by atoms with Crippen molar-refractivity contribution in [1.29, 1.82) is 0 Å². The Bertz CT molecular complexity index is 578. The fourth-order valence-electron chi connectivity index (χ4n) is 1.75. The molecule has 0 spiro atoms. The Balaban J connectivity index is 1.87. The van der Waals surface area contributed by atoms with Gasteiger partial charge in [-0.3, -0.25) is 9.48 Å². The zero-order valence-corrected chi connectivity index (χ0v) is 11.7. The lowest BCUT2D eigenvalue weighted by atomic mass is 10.1. The van der Waals surface area contributed by atoms with E-state index in [1.54, 1.807) is 11.8 Å². The third kappa shape index (κ3) is 3.67. The molecule has 0 atom stereocenters. The average molecular weight is 278 g/mol. The maximum Gasteiger partial charge on any atom is 0.163 e. The number of nitrogens with zero attached hydrogens (tertiary/aromatic N) is 2.